The van der Waals surface area contributed by atoms with Crippen LogP contribution >= 0.6 is 0 Å². The topological polar surface area (TPSA) is 49.3 Å². The summed E-state index contributed by atoms with van der Waals surface area (Å²) in [4.78, 5) is 11.3. The highest BCUT2D eigenvalue weighted by atomic mass is 19.4. The zero-order valence-corrected chi connectivity index (χ0v) is 8.92. The van der Waals surface area contributed by atoms with Gasteiger partial charge in [-0.2, -0.15) is 13.2 Å². The number of carbonyl (C=O) groups is 1. The number of aromatic hydroxyl groups is 1. The Bertz CT molecular complexity index is 391. The fraction of sp³-hybridized carbons (Fsp3) is 0.364. The van der Waals surface area contributed by atoms with Gasteiger partial charge in [0.2, 0.25) is 0 Å². The zero-order valence-electron chi connectivity index (χ0n) is 8.92. The van der Waals surface area contributed by atoms with Crippen LogP contribution in [-0.2, 0) is 11.2 Å². The first-order valence-electron chi connectivity index (χ1n) is 4.94. The van der Waals surface area contributed by atoms with E-state index in [0.29, 0.717) is 5.56 Å². The number of hydrogen-bond acceptors (Lipinski definition) is 3. The van der Waals surface area contributed by atoms with Crippen molar-refractivity contribution in [3.8, 4) is 5.75 Å². The van der Waals surface area contributed by atoms with Gasteiger partial charge in [-0.15, -0.1) is 0 Å². The monoisotopic (exact) mass is 247 g/mol. The van der Waals surface area contributed by atoms with Gasteiger partial charge < -0.3 is 10.4 Å². The summed E-state index contributed by atoms with van der Waals surface area (Å²) in [7, 11) is 0. The molecule has 0 spiro atoms. The van der Waals surface area contributed by atoms with Crippen LogP contribution in [0.25, 0.3) is 0 Å². The molecule has 0 saturated carbocycles. The molecular formula is C11H12F3NO2. The maximum Gasteiger partial charge on any atom is 0.401 e. The van der Waals surface area contributed by atoms with E-state index in [4.69, 9.17) is 5.11 Å². The van der Waals surface area contributed by atoms with Crippen LogP contribution < -0.4 is 5.32 Å². The maximum absolute atomic E-state index is 11.8. The number of alkyl halides is 3. The molecule has 0 radical (unpaired) electrons. The maximum atomic E-state index is 11.8. The second kappa shape index (κ2) is 5.67. The molecule has 2 N–H and O–H groups in total. The summed E-state index contributed by atoms with van der Waals surface area (Å²) in [5.41, 5.74) is 0.573. The Hall–Kier alpha value is -1.56. The Kier molecular flexibility index (Phi) is 4.51. The Morgan fingerprint density at radius 2 is 2.06 bits per heavy atom. The molecule has 1 aromatic rings. The number of hydrogen-bond donors (Lipinski definition) is 2. The second-order valence-corrected chi connectivity index (χ2v) is 3.60. The SMILES string of the molecule is O=C(CNCC(F)(F)F)Cc1cccc(O)c1. The van der Waals surface area contributed by atoms with Gasteiger partial charge in [0.15, 0.2) is 5.78 Å². The number of ketones is 1. The van der Waals surface area contributed by atoms with Crippen LogP contribution in [0, 0.1) is 0 Å². The number of Topliss-reactive ketones (excluding diaryl/α,β-unsaturated/α-hetero) is 1. The third kappa shape index (κ3) is 5.91. The van der Waals surface area contributed by atoms with Gasteiger partial charge in [0.25, 0.3) is 0 Å². The van der Waals surface area contributed by atoms with E-state index < -0.39 is 12.7 Å². The third-order valence-electron chi connectivity index (χ3n) is 1.96. The molecule has 0 aromatic heterocycles. The van der Waals surface area contributed by atoms with Crippen LogP contribution in [-0.4, -0.2) is 30.2 Å². The molecular weight excluding hydrogens is 235 g/mol. The quantitative estimate of drug-likeness (QED) is 0.831. The van der Waals surface area contributed by atoms with Gasteiger partial charge in [0.05, 0.1) is 13.1 Å². The van der Waals surface area contributed by atoms with Crippen molar-refractivity contribution in [2.45, 2.75) is 12.6 Å². The van der Waals surface area contributed by atoms with Crippen molar-refractivity contribution in [1.82, 2.24) is 5.32 Å². The first-order chi connectivity index (χ1) is 7.87. The Balaban J connectivity index is 2.35. The fourth-order valence-electron chi connectivity index (χ4n) is 1.30. The molecule has 1 aromatic carbocycles. The standard InChI is InChI=1S/C11H12F3NO2/c12-11(13,14)7-15-6-10(17)5-8-2-1-3-9(16)4-8/h1-4,15-16H,5-7H2. The lowest BCUT2D eigenvalue weighted by Gasteiger charge is -2.07. The van der Waals surface area contributed by atoms with Gasteiger partial charge >= 0.3 is 6.18 Å². The lowest BCUT2D eigenvalue weighted by Crippen LogP contribution is -2.33. The van der Waals surface area contributed by atoms with E-state index >= 15 is 0 Å². The molecule has 0 aliphatic rings. The molecule has 0 amide bonds. The first kappa shape index (κ1) is 13.5. The molecule has 0 aliphatic heterocycles. The minimum Gasteiger partial charge on any atom is -0.508 e. The van der Waals surface area contributed by atoms with Gasteiger partial charge in [-0.3, -0.25) is 4.79 Å². The minimum absolute atomic E-state index is 0.000737. The van der Waals surface area contributed by atoms with Crippen LogP contribution in [0.2, 0.25) is 0 Å². The molecule has 0 bridgehead atoms. The zero-order chi connectivity index (χ0) is 12.9. The Morgan fingerprint density at radius 1 is 1.35 bits per heavy atom. The van der Waals surface area contributed by atoms with E-state index in [0.717, 1.165) is 0 Å². The summed E-state index contributed by atoms with van der Waals surface area (Å²) < 4.78 is 35.3. The molecule has 6 heteroatoms. The Labute approximate surface area is 96.3 Å². The molecule has 0 unspecified atom stereocenters. The molecule has 0 aliphatic carbocycles. The molecule has 3 nitrogen and oxygen atoms in total. The van der Waals surface area contributed by atoms with E-state index in [-0.39, 0.29) is 24.5 Å². The van der Waals surface area contributed by atoms with Gasteiger partial charge in [-0.1, -0.05) is 12.1 Å². The third-order valence-corrected chi connectivity index (χ3v) is 1.96. The van der Waals surface area contributed by atoms with Crippen molar-refractivity contribution in [3.63, 3.8) is 0 Å². The average Bonchev–Trinajstić information content (AvgIpc) is 2.15. The van der Waals surface area contributed by atoms with Crippen molar-refractivity contribution in [1.29, 1.82) is 0 Å². The van der Waals surface area contributed by atoms with E-state index in [2.05, 4.69) is 0 Å². The van der Waals surface area contributed by atoms with Crippen molar-refractivity contribution < 1.29 is 23.1 Å². The van der Waals surface area contributed by atoms with Crippen LogP contribution in [0.3, 0.4) is 0 Å². The summed E-state index contributed by atoms with van der Waals surface area (Å²) >= 11 is 0. The number of nitrogens with one attached hydrogen (secondary N) is 1. The highest BCUT2D eigenvalue weighted by molar-refractivity contribution is 5.82. The number of halogens is 3. The molecule has 94 valence electrons. The van der Waals surface area contributed by atoms with E-state index in [1.807, 2.05) is 5.32 Å². The molecule has 0 heterocycles. The molecule has 1 rings (SSSR count). The second-order valence-electron chi connectivity index (χ2n) is 3.60. The summed E-state index contributed by atoms with van der Waals surface area (Å²) in [6.07, 6.45) is -4.31. The summed E-state index contributed by atoms with van der Waals surface area (Å²) in [5.74, 6) is -0.335. The first-order valence-corrected chi connectivity index (χ1v) is 4.94. The fourth-order valence-corrected chi connectivity index (χ4v) is 1.30. The largest absolute Gasteiger partial charge is 0.508 e. The van der Waals surface area contributed by atoms with Gasteiger partial charge in [0, 0.05) is 6.42 Å². The number of phenols is 1. The number of rotatable bonds is 5. The van der Waals surface area contributed by atoms with Crippen molar-refractivity contribution in [3.05, 3.63) is 29.8 Å². The van der Waals surface area contributed by atoms with Gasteiger partial charge in [-0.25, -0.2) is 0 Å². The number of phenolic OH excluding ortho intramolecular Hbond substituents is 1. The predicted octanol–water partition coefficient (Wildman–Crippen LogP) is 1.66. The van der Waals surface area contributed by atoms with E-state index in [1.54, 1.807) is 12.1 Å². The average molecular weight is 247 g/mol. The number of carbonyl (C=O) groups excluding carboxylic acids is 1. The highest BCUT2D eigenvalue weighted by Gasteiger charge is 2.26. The molecule has 0 atom stereocenters. The Morgan fingerprint density at radius 3 is 2.65 bits per heavy atom. The van der Waals surface area contributed by atoms with E-state index in [9.17, 15) is 18.0 Å². The lowest BCUT2D eigenvalue weighted by atomic mass is 10.1. The summed E-state index contributed by atoms with van der Waals surface area (Å²) in [6, 6.07) is 6.06. The van der Waals surface area contributed by atoms with Crippen LogP contribution in [0.5, 0.6) is 5.75 Å². The predicted molar refractivity (Wildman–Crippen MR) is 55.7 cm³/mol. The normalized spacial score (nSPS) is 11.5. The van der Waals surface area contributed by atoms with Crippen LogP contribution in [0.4, 0.5) is 13.2 Å². The van der Waals surface area contributed by atoms with Crippen molar-refractivity contribution in [2.75, 3.05) is 13.1 Å². The van der Waals surface area contributed by atoms with Crippen molar-refractivity contribution >= 4 is 5.78 Å². The molecule has 0 fully saturated rings. The summed E-state index contributed by atoms with van der Waals surface area (Å²) in [6.45, 7) is -1.52. The molecule has 0 saturated heterocycles. The van der Waals surface area contributed by atoms with E-state index in [1.165, 1.54) is 12.1 Å². The summed E-state index contributed by atoms with van der Waals surface area (Å²) in [5, 5.41) is 11.2. The lowest BCUT2D eigenvalue weighted by molar-refractivity contribution is -0.127. The van der Waals surface area contributed by atoms with Gasteiger partial charge in [0.1, 0.15) is 5.75 Å². The van der Waals surface area contributed by atoms with Crippen molar-refractivity contribution in [2.24, 2.45) is 0 Å². The smallest absolute Gasteiger partial charge is 0.401 e. The van der Waals surface area contributed by atoms with Gasteiger partial charge in [-0.05, 0) is 17.7 Å². The molecule has 17 heavy (non-hydrogen) atoms. The number of benzene rings is 1. The minimum atomic E-state index is -4.31. The van der Waals surface area contributed by atoms with Crippen LogP contribution in [0.1, 0.15) is 5.56 Å². The highest BCUT2D eigenvalue weighted by Crippen LogP contribution is 2.13. The van der Waals surface area contributed by atoms with Crippen LogP contribution in [0.15, 0.2) is 24.3 Å².